The van der Waals surface area contributed by atoms with Gasteiger partial charge in [-0.25, -0.2) is 9.78 Å². The van der Waals surface area contributed by atoms with Gasteiger partial charge in [-0.2, -0.15) is 4.98 Å². The van der Waals surface area contributed by atoms with Gasteiger partial charge in [-0.1, -0.05) is 0 Å². The van der Waals surface area contributed by atoms with E-state index >= 15 is 0 Å². The number of anilines is 3. The van der Waals surface area contributed by atoms with Crippen molar-refractivity contribution in [3.8, 4) is 5.75 Å². The van der Waals surface area contributed by atoms with E-state index in [4.69, 9.17) is 4.74 Å². The molecular formula is C21H30N6O2. The largest absolute Gasteiger partial charge is 0.497 e. The minimum absolute atomic E-state index is 0.167. The Kier molecular flexibility index (Phi) is 6.74. The summed E-state index contributed by atoms with van der Waals surface area (Å²) in [4.78, 5) is 23.2. The summed E-state index contributed by atoms with van der Waals surface area (Å²) in [6.45, 7) is 1.95. The fourth-order valence-corrected chi connectivity index (χ4v) is 3.48. The molecule has 29 heavy (non-hydrogen) atoms. The molecule has 0 saturated heterocycles. The zero-order valence-electron chi connectivity index (χ0n) is 17.5. The monoisotopic (exact) mass is 398 g/mol. The highest BCUT2D eigenvalue weighted by atomic mass is 16.5. The van der Waals surface area contributed by atoms with Gasteiger partial charge in [0.25, 0.3) is 0 Å². The van der Waals surface area contributed by atoms with Crippen molar-refractivity contribution in [1.82, 2.24) is 15.3 Å². The number of ether oxygens (including phenoxy) is 1. The molecule has 3 N–H and O–H groups in total. The molecule has 0 aliphatic heterocycles. The quantitative estimate of drug-likeness (QED) is 0.691. The molecule has 1 saturated carbocycles. The molecule has 156 valence electrons. The number of rotatable bonds is 6. The normalized spacial score (nSPS) is 18.6. The molecule has 1 heterocycles. The SMILES string of the molecule is COc1ccc(NC(=O)N[C@H]2CC[C@@H](Nc3nccc(N(C)C)n3)CC2)c(C)c1. The molecule has 1 aliphatic carbocycles. The second kappa shape index (κ2) is 9.45. The van der Waals surface area contributed by atoms with Crippen LogP contribution in [-0.2, 0) is 0 Å². The van der Waals surface area contributed by atoms with Crippen molar-refractivity contribution < 1.29 is 9.53 Å². The molecule has 1 aliphatic rings. The van der Waals surface area contributed by atoms with Crippen LogP contribution >= 0.6 is 0 Å². The summed E-state index contributed by atoms with van der Waals surface area (Å²) in [5.41, 5.74) is 1.75. The van der Waals surface area contributed by atoms with Crippen LogP contribution < -0.4 is 25.6 Å². The lowest BCUT2D eigenvalue weighted by molar-refractivity contribution is 0.243. The fraction of sp³-hybridized carbons (Fsp3) is 0.476. The van der Waals surface area contributed by atoms with E-state index in [2.05, 4.69) is 25.9 Å². The number of benzene rings is 1. The molecule has 1 fully saturated rings. The summed E-state index contributed by atoms with van der Waals surface area (Å²) in [5.74, 6) is 2.31. The number of hydrogen-bond donors (Lipinski definition) is 3. The summed E-state index contributed by atoms with van der Waals surface area (Å²) in [6.07, 6.45) is 5.52. The highest BCUT2D eigenvalue weighted by Gasteiger charge is 2.23. The van der Waals surface area contributed by atoms with Gasteiger partial charge in [-0.3, -0.25) is 0 Å². The third-order valence-corrected chi connectivity index (χ3v) is 5.18. The lowest BCUT2D eigenvalue weighted by Gasteiger charge is -2.29. The van der Waals surface area contributed by atoms with Crippen LogP contribution in [0.4, 0.5) is 22.2 Å². The van der Waals surface area contributed by atoms with E-state index in [0.717, 1.165) is 48.5 Å². The third-order valence-electron chi connectivity index (χ3n) is 5.18. The van der Waals surface area contributed by atoms with Crippen LogP contribution in [0, 0.1) is 6.92 Å². The van der Waals surface area contributed by atoms with Crippen LogP contribution in [0.1, 0.15) is 31.2 Å². The van der Waals surface area contributed by atoms with Gasteiger partial charge >= 0.3 is 6.03 Å². The van der Waals surface area contributed by atoms with Crippen molar-refractivity contribution >= 4 is 23.5 Å². The van der Waals surface area contributed by atoms with E-state index < -0.39 is 0 Å². The molecule has 2 aromatic rings. The number of hydrogen-bond acceptors (Lipinski definition) is 6. The molecule has 8 heteroatoms. The average Bonchev–Trinajstić information content (AvgIpc) is 2.71. The minimum Gasteiger partial charge on any atom is -0.497 e. The zero-order valence-corrected chi connectivity index (χ0v) is 17.5. The molecular weight excluding hydrogens is 368 g/mol. The standard InChI is InChI=1S/C21H30N6O2/c1-14-13-17(29-4)9-10-18(14)25-21(28)24-16-7-5-15(6-8-16)23-20-22-12-11-19(26-20)27(2)3/h9-13,15-16H,5-8H2,1-4H3,(H,22,23,26)(H2,24,25,28)/t15-,16+. The first-order valence-electron chi connectivity index (χ1n) is 9.93. The Balaban J connectivity index is 1.46. The number of amides is 2. The fourth-order valence-electron chi connectivity index (χ4n) is 3.48. The van der Waals surface area contributed by atoms with E-state index in [-0.39, 0.29) is 12.1 Å². The van der Waals surface area contributed by atoms with Crippen molar-refractivity contribution in [1.29, 1.82) is 0 Å². The maximum Gasteiger partial charge on any atom is 0.319 e. The number of aromatic nitrogens is 2. The van der Waals surface area contributed by atoms with Gasteiger partial charge in [0.05, 0.1) is 7.11 Å². The Morgan fingerprint density at radius 1 is 1.14 bits per heavy atom. The Bertz CT molecular complexity index is 834. The maximum absolute atomic E-state index is 12.4. The van der Waals surface area contributed by atoms with Gasteiger partial charge in [0.1, 0.15) is 11.6 Å². The Labute approximate surface area is 172 Å². The smallest absolute Gasteiger partial charge is 0.319 e. The van der Waals surface area contributed by atoms with Gasteiger partial charge < -0.3 is 25.6 Å². The first-order valence-corrected chi connectivity index (χ1v) is 9.93. The summed E-state index contributed by atoms with van der Waals surface area (Å²) in [6, 6.07) is 7.80. The van der Waals surface area contributed by atoms with Crippen LogP contribution in [-0.4, -0.2) is 49.3 Å². The van der Waals surface area contributed by atoms with E-state index in [1.807, 2.05) is 50.2 Å². The van der Waals surface area contributed by atoms with E-state index in [1.165, 1.54) is 0 Å². The van der Waals surface area contributed by atoms with Crippen LogP contribution in [0.15, 0.2) is 30.5 Å². The number of carbonyl (C=O) groups is 1. The molecule has 1 aromatic carbocycles. The van der Waals surface area contributed by atoms with Crippen molar-refractivity contribution in [2.24, 2.45) is 0 Å². The van der Waals surface area contributed by atoms with Crippen LogP contribution in [0.25, 0.3) is 0 Å². The van der Waals surface area contributed by atoms with Crippen molar-refractivity contribution in [3.63, 3.8) is 0 Å². The highest BCUT2D eigenvalue weighted by Crippen LogP contribution is 2.23. The number of aryl methyl sites for hydroxylation is 1. The topological polar surface area (TPSA) is 91.4 Å². The van der Waals surface area contributed by atoms with Gasteiger partial charge in [-0.15, -0.1) is 0 Å². The molecule has 2 amide bonds. The Hall–Kier alpha value is -3.03. The van der Waals surface area contributed by atoms with Gasteiger partial charge in [0, 0.05) is 38.1 Å². The second-order valence-corrected chi connectivity index (χ2v) is 7.61. The van der Waals surface area contributed by atoms with Gasteiger partial charge in [0.15, 0.2) is 0 Å². The number of carbonyl (C=O) groups excluding carboxylic acids is 1. The van der Waals surface area contributed by atoms with Crippen molar-refractivity contribution in [2.45, 2.75) is 44.7 Å². The first-order chi connectivity index (χ1) is 13.9. The Morgan fingerprint density at radius 2 is 1.86 bits per heavy atom. The van der Waals surface area contributed by atoms with Crippen LogP contribution in [0.5, 0.6) is 5.75 Å². The molecule has 0 spiro atoms. The number of nitrogens with zero attached hydrogens (tertiary/aromatic N) is 3. The third kappa shape index (κ3) is 5.73. The highest BCUT2D eigenvalue weighted by molar-refractivity contribution is 5.90. The van der Waals surface area contributed by atoms with Gasteiger partial charge in [0.2, 0.25) is 5.95 Å². The van der Waals surface area contributed by atoms with Gasteiger partial charge in [-0.05, 0) is 62.4 Å². The summed E-state index contributed by atoms with van der Waals surface area (Å²) < 4.78 is 5.20. The lowest BCUT2D eigenvalue weighted by atomic mass is 9.91. The number of nitrogens with one attached hydrogen (secondary N) is 3. The van der Waals surface area contributed by atoms with E-state index in [0.29, 0.717) is 12.0 Å². The Morgan fingerprint density at radius 3 is 2.52 bits per heavy atom. The molecule has 0 radical (unpaired) electrons. The predicted molar refractivity (Wildman–Crippen MR) is 116 cm³/mol. The molecule has 0 atom stereocenters. The van der Waals surface area contributed by atoms with Crippen molar-refractivity contribution in [2.75, 3.05) is 36.7 Å². The average molecular weight is 399 g/mol. The first kappa shape index (κ1) is 20.7. The van der Waals surface area contributed by atoms with Crippen LogP contribution in [0.2, 0.25) is 0 Å². The van der Waals surface area contributed by atoms with Crippen LogP contribution in [0.3, 0.4) is 0 Å². The molecule has 1 aromatic heterocycles. The summed E-state index contributed by atoms with van der Waals surface area (Å²) in [7, 11) is 5.55. The molecule has 8 nitrogen and oxygen atoms in total. The predicted octanol–water partition coefficient (Wildman–Crippen LogP) is 3.40. The summed E-state index contributed by atoms with van der Waals surface area (Å²) in [5, 5.41) is 9.43. The van der Waals surface area contributed by atoms with Crippen molar-refractivity contribution in [3.05, 3.63) is 36.0 Å². The second-order valence-electron chi connectivity index (χ2n) is 7.61. The minimum atomic E-state index is -0.170. The molecule has 0 bridgehead atoms. The zero-order chi connectivity index (χ0) is 20.8. The maximum atomic E-state index is 12.4. The molecule has 0 unspecified atom stereocenters. The van der Waals surface area contributed by atoms with E-state index in [9.17, 15) is 4.79 Å². The lowest BCUT2D eigenvalue weighted by Crippen LogP contribution is -2.42. The number of methoxy groups -OCH3 is 1. The molecule has 3 rings (SSSR count). The van der Waals surface area contributed by atoms with E-state index in [1.54, 1.807) is 13.3 Å². The summed E-state index contributed by atoms with van der Waals surface area (Å²) >= 11 is 0. The number of urea groups is 1.